The number of carbonyl (C=O) groups is 3. The average molecular weight is 443 g/mol. The van der Waals surface area contributed by atoms with E-state index in [1.807, 2.05) is 0 Å². The minimum Gasteiger partial charge on any atom is -0.462 e. The molecule has 0 N–H and O–H groups in total. The molecule has 1 atom stereocenters. The van der Waals surface area contributed by atoms with Crippen LogP contribution >= 0.6 is 0 Å². The molecule has 0 aromatic heterocycles. The van der Waals surface area contributed by atoms with Gasteiger partial charge in [0, 0.05) is 20.3 Å². The van der Waals surface area contributed by atoms with Gasteiger partial charge in [0.05, 0.1) is 0 Å². The van der Waals surface area contributed by atoms with Crippen molar-refractivity contribution in [2.45, 2.75) is 124 Å². The van der Waals surface area contributed by atoms with E-state index >= 15 is 0 Å². The zero-order valence-corrected chi connectivity index (χ0v) is 20.4. The van der Waals surface area contributed by atoms with Crippen LogP contribution in [0.4, 0.5) is 0 Å². The van der Waals surface area contributed by atoms with Crippen molar-refractivity contribution in [2.24, 2.45) is 5.92 Å². The first-order chi connectivity index (χ1) is 14.8. The molecule has 0 rings (SSSR count). The van der Waals surface area contributed by atoms with Crippen LogP contribution in [0.15, 0.2) is 0 Å². The summed E-state index contributed by atoms with van der Waals surface area (Å²) in [6.07, 6.45) is 16.0. The van der Waals surface area contributed by atoms with E-state index in [1.165, 1.54) is 78.1 Å². The molecule has 6 nitrogen and oxygen atoms in total. The SMILES string of the molecule is CC(=O)OCC(COC(=O)CCCCCCCCCCCCCCC(C)C)OC(C)=O. The molecule has 0 amide bonds. The lowest BCUT2D eigenvalue weighted by molar-refractivity contribution is -0.164. The first-order valence-corrected chi connectivity index (χ1v) is 12.3. The maximum Gasteiger partial charge on any atom is 0.305 e. The Bertz CT molecular complexity index is 475. The van der Waals surface area contributed by atoms with E-state index in [0.717, 1.165) is 25.2 Å². The Morgan fingerprint density at radius 2 is 1.06 bits per heavy atom. The fraction of sp³-hybridized carbons (Fsp3) is 0.880. The summed E-state index contributed by atoms with van der Waals surface area (Å²) in [5.74, 6) is -0.451. The third kappa shape index (κ3) is 22.9. The average Bonchev–Trinajstić information content (AvgIpc) is 2.69. The Balaban J connectivity index is 3.52. The standard InChI is InChI=1S/C25H46O6/c1-21(2)17-15-13-11-9-7-5-6-8-10-12-14-16-18-25(28)30-20-24(31-23(4)27)19-29-22(3)26/h21,24H,5-20H2,1-4H3. The number of hydrogen-bond acceptors (Lipinski definition) is 6. The largest absolute Gasteiger partial charge is 0.462 e. The van der Waals surface area contributed by atoms with E-state index in [9.17, 15) is 14.4 Å². The minimum absolute atomic E-state index is 0.0938. The maximum absolute atomic E-state index is 11.8. The Hall–Kier alpha value is -1.59. The second kappa shape index (κ2) is 20.3. The third-order valence-electron chi connectivity index (χ3n) is 5.15. The summed E-state index contributed by atoms with van der Waals surface area (Å²) in [5, 5.41) is 0. The third-order valence-corrected chi connectivity index (χ3v) is 5.15. The molecule has 6 heteroatoms. The van der Waals surface area contributed by atoms with Crippen LogP contribution in [0.3, 0.4) is 0 Å². The zero-order valence-electron chi connectivity index (χ0n) is 20.4. The highest BCUT2D eigenvalue weighted by Crippen LogP contribution is 2.14. The molecule has 0 saturated heterocycles. The molecule has 182 valence electrons. The summed E-state index contributed by atoms with van der Waals surface area (Å²) in [7, 11) is 0. The Morgan fingerprint density at radius 1 is 0.613 bits per heavy atom. The lowest BCUT2D eigenvalue weighted by Gasteiger charge is -2.16. The molecule has 0 bridgehead atoms. The van der Waals surface area contributed by atoms with Crippen molar-refractivity contribution in [3.63, 3.8) is 0 Å². The van der Waals surface area contributed by atoms with Gasteiger partial charge in [-0.15, -0.1) is 0 Å². The summed E-state index contributed by atoms with van der Waals surface area (Å²) in [5.41, 5.74) is 0. The monoisotopic (exact) mass is 442 g/mol. The van der Waals surface area contributed by atoms with Gasteiger partial charge in [-0.2, -0.15) is 0 Å². The molecular weight excluding hydrogens is 396 g/mol. The molecule has 0 aliphatic rings. The molecule has 0 aromatic rings. The molecule has 0 aliphatic carbocycles. The van der Waals surface area contributed by atoms with Crippen molar-refractivity contribution in [1.29, 1.82) is 0 Å². The summed E-state index contributed by atoms with van der Waals surface area (Å²) in [4.78, 5) is 33.8. The van der Waals surface area contributed by atoms with Gasteiger partial charge >= 0.3 is 17.9 Å². The highest BCUT2D eigenvalue weighted by molar-refractivity contribution is 5.69. The fourth-order valence-electron chi connectivity index (χ4n) is 3.41. The Kier molecular flexibility index (Phi) is 19.3. The number of unbranched alkanes of at least 4 members (excludes halogenated alkanes) is 11. The van der Waals surface area contributed by atoms with Gasteiger partial charge in [-0.3, -0.25) is 14.4 Å². The fourth-order valence-corrected chi connectivity index (χ4v) is 3.41. The van der Waals surface area contributed by atoms with Crippen LogP contribution in [0.25, 0.3) is 0 Å². The minimum atomic E-state index is -0.759. The molecular formula is C25H46O6. The van der Waals surface area contributed by atoms with E-state index in [4.69, 9.17) is 14.2 Å². The van der Waals surface area contributed by atoms with Crippen LogP contribution < -0.4 is 0 Å². The molecule has 1 unspecified atom stereocenters. The van der Waals surface area contributed by atoms with Gasteiger partial charge < -0.3 is 14.2 Å². The molecule has 31 heavy (non-hydrogen) atoms. The molecule has 0 radical (unpaired) electrons. The van der Waals surface area contributed by atoms with Crippen LogP contribution in [0.1, 0.15) is 118 Å². The molecule has 0 aromatic carbocycles. The highest BCUT2D eigenvalue weighted by Gasteiger charge is 2.16. The van der Waals surface area contributed by atoms with Gasteiger partial charge in [0.2, 0.25) is 0 Å². The summed E-state index contributed by atoms with van der Waals surface area (Å²) in [6.45, 7) is 6.92. The van der Waals surface area contributed by atoms with E-state index in [1.54, 1.807) is 0 Å². The van der Waals surface area contributed by atoms with Crippen molar-refractivity contribution in [2.75, 3.05) is 13.2 Å². The van der Waals surface area contributed by atoms with Crippen molar-refractivity contribution in [3.05, 3.63) is 0 Å². The number of carbonyl (C=O) groups excluding carboxylic acids is 3. The van der Waals surface area contributed by atoms with E-state index < -0.39 is 18.0 Å². The molecule has 0 spiro atoms. The van der Waals surface area contributed by atoms with Gasteiger partial charge in [0.1, 0.15) is 13.2 Å². The van der Waals surface area contributed by atoms with Crippen LogP contribution in [0.5, 0.6) is 0 Å². The highest BCUT2D eigenvalue weighted by atomic mass is 16.6. The van der Waals surface area contributed by atoms with Gasteiger partial charge in [-0.05, 0) is 12.3 Å². The second-order valence-corrected chi connectivity index (χ2v) is 8.89. The van der Waals surface area contributed by atoms with Gasteiger partial charge in [0.15, 0.2) is 6.10 Å². The van der Waals surface area contributed by atoms with Crippen LogP contribution in [-0.4, -0.2) is 37.2 Å². The normalized spacial score (nSPS) is 11.9. The molecule has 0 aliphatic heterocycles. The van der Waals surface area contributed by atoms with Gasteiger partial charge in [-0.25, -0.2) is 0 Å². The van der Waals surface area contributed by atoms with Crippen LogP contribution in [0, 0.1) is 5.92 Å². The number of rotatable bonds is 20. The Morgan fingerprint density at radius 3 is 1.52 bits per heavy atom. The van der Waals surface area contributed by atoms with E-state index in [2.05, 4.69) is 13.8 Å². The summed E-state index contributed by atoms with van der Waals surface area (Å²) >= 11 is 0. The van der Waals surface area contributed by atoms with E-state index in [0.29, 0.717) is 6.42 Å². The quantitative estimate of drug-likeness (QED) is 0.128. The molecule has 0 saturated carbocycles. The zero-order chi connectivity index (χ0) is 23.3. The van der Waals surface area contributed by atoms with Crippen molar-refractivity contribution in [3.8, 4) is 0 Å². The number of hydrogen-bond donors (Lipinski definition) is 0. The van der Waals surface area contributed by atoms with Crippen molar-refractivity contribution >= 4 is 17.9 Å². The van der Waals surface area contributed by atoms with Crippen molar-refractivity contribution < 1.29 is 28.6 Å². The van der Waals surface area contributed by atoms with Gasteiger partial charge in [0.25, 0.3) is 0 Å². The lowest BCUT2D eigenvalue weighted by Crippen LogP contribution is -2.29. The lowest BCUT2D eigenvalue weighted by atomic mass is 10.0. The second-order valence-electron chi connectivity index (χ2n) is 8.89. The predicted molar refractivity (Wildman–Crippen MR) is 123 cm³/mol. The first-order valence-electron chi connectivity index (χ1n) is 12.3. The van der Waals surface area contributed by atoms with Crippen molar-refractivity contribution in [1.82, 2.24) is 0 Å². The summed E-state index contributed by atoms with van der Waals surface area (Å²) in [6, 6.07) is 0. The predicted octanol–water partition coefficient (Wildman–Crippen LogP) is 6.14. The molecule has 0 fully saturated rings. The van der Waals surface area contributed by atoms with E-state index in [-0.39, 0.29) is 19.2 Å². The van der Waals surface area contributed by atoms with Gasteiger partial charge in [-0.1, -0.05) is 90.9 Å². The smallest absolute Gasteiger partial charge is 0.305 e. The topological polar surface area (TPSA) is 78.9 Å². The molecule has 0 heterocycles. The summed E-state index contributed by atoms with van der Waals surface area (Å²) < 4.78 is 15.0. The van der Waals surface area contributed by atoms with Crippen LogP contribution in [-0.2, 0) is 28.6 Å². The number of ether oxygens (including phenoxy) is 3. The number of esters is 3. The maximum atomic E-state index is 11.8. The first kappa shape index (κ1) is 29.4. The Labute approximate surface area is 189 Å². The van der Waals surface area contributed by atoms with Crippen LogP contribution in [0.2, 0.25) is 0 Å².